The zero-order valence-electron chi connectivity index (χ0n) is 10.7. The molecule has 0 atom stereocenters. The molecular weight excluding hydrogens is 278 g/mol. The van der Waals surface area contributed by atoms with Crippen LogP contribution in [0.2, 0.25) is 0 Å². The fourth-order valence-electron chi connectivity index (χ4n) is 2.01. The van der Waals surface area contributed by atoms with Crippen molar-refractivity contribution in [1.82, 2.24) is 19.6 Å². The van der Waals surface area contributed by atoms with E-state index in [0.717, 1.165) is 4.52 Å². The number of carbonyl (C=O) groups excluding carboxylic acids is 1. The molecule has 0 saturated carbocycles. The molecule has 21 heavy (non-hydrogen) atoms. The van der Waals surface area contributed by atoms with Crippen molar-refractivity contribution in [3.63, 3.8) is 0 Å². The maximum Gasteiger partial charge on any atom is 0.375 e. The summed E-state index contributed by atoms with van der Waals surface area (Å²) < 4.78 is 0.878. The Labute approximate surface area is 116 Å². The number of benzene rings is 1. The lowest BCUT2D eigenvalue weighted by Gasteiger charge is -2.04. The molecule has 1 amide bonds. The van der Waals surface area contributed by atoms with Crippen LogP contribution in [-0.2, 0) is 4.79 Å². The first-order valence-corrected chi connectivity index (χ1v) is 5.89. The second-order valence-corrected chi connectivity index (χ2v) is 4.35. The van der Waals surface area contributed by atoms with Gasteiger partial charge in [-0.3, -0.25) is 4.79 Å². The highest BCUT2D eigenvalue weighted by molar-refractivity contribution is 5.97. The first kappa shape index (κ1) is 12.8. The van der Waals surface area contributed by atoms with E-state index in [9.17, 15) is 14.4 Å². The number of anilines is 1. The van der Waals surface area contributed by atoms with Gasteiger partial charge in [-0.1, -0.05) is 0 Å². The summed E-state index contributed by atoms with van der Waals surface area (Å²) in [5.41, 5.74) is 0.484. The quantitative estimate of drug-likeness (QED) is 0.618. The molecule has 9 nitrogen and oxygen atoms in total. The largest absolute Gasteiger partial charge is 0.475 e. The molecule has 0 radical (unpaired) electrons. The fourth-order valence-corrected chi connectivity index (χ4v) is 2.01. The average Bonchev–Trinajstić information content (AvgIpc) is 2.85. The third-order valence-electron chi connectivity index (χ3n) is 2.81. The number of nitrogens with zero attached hydrogens (tertiary/aromatic N) is 3. The number of aromatic amines is 1. The molecule has 3 aromatic rings. The molecule has 3 rings (SSSR count). The summed E-state index contributed by atoms with van der Waals surface area (Å²) in [5, 5.41) is 15.6. The molecule has 0 aliphatic heterocycles. The highest BCUT2D eigenvalue weighted by Gasteiger charge is 2.15. The van der Waals surface area contributed by atoms with Crippen LogP contribution in [0.5, 0.6) is 0 Å². The maximum absolute atomic E-state index is 11.8. The molecule has 9 heteroatoms. The van der Waals surface area contributed by atoms with Crippen LogP contribution in [0.1, 0.15) is 17.5 Å². The molecule has 0 bridgehead atoms. The summed E-state index contributed by atoms with van der Waals surface area (Å²) in [7, 11) is 0. The van der Waals surface area contributed by atoms with Crippen molar-refractivity contribution < 1.29 is 14.7 Å². The van der Waals surface area contributed by atoms with Gasteiger partial charge in [0, 0.05) is 18.0 Å². The predicted octanol–water partition coefficient (Wildman–Crippen LogP) is 0.227. The van der Waals surface area contributed by atoms with E-state index in [2.05, 4.69) is 20.4 Å². The van der Waals surface area contributed by atoms with Gasteiger partial charge >= 0.3 is 11.7 Å². The number of amides is 1. The highest BCUT2D eigenvalue weighted by Crippen LogP contribution is 2.20. The molecule has 3 N–H and O–H groups in total. The Bertz CT molecular complexity index is 955. The van der Waals surface area contributed by atoms with Crippen molar-refractivity contribution in [2.45, 2.75) is 6.92 Å². The maximum atomic E-state index is 11.8. The van der Waals surface area contributed by atoms with Crippen LogP contribution in [0, 0.1) is 0 Å². The number of rotatable bonds is 2. The van der Waals surface area contributed by atoms with Crippen LogP contribution >= 0.6 is 0 Å². The number of hydrogen-bond acceptors (Lipinski definition) is 5. The molecule has 106 valence electrons. The molecule has 1 aromatic carbocycles. The average molecular weight is 287 g/mol. The minimum Gasteiger partial charge on any atom is -0.475 e. The summed E-state index contributed by atoms with van der Waals surface area (Å²) in [6, 6.07) is 4.80. The summed E-state index contributed by atoms with van der Waals surface area (Å²) in [4.78, 5) is 40.2. The van der Waals surface area contributed by atoms with Crippen molar-refractivity contribution in [2.24, 2.45) is 0 Å². The fraction of sp³-hybridized carbons (Fsp3) is 0.0833. The van der Waals surface area contributed by atoms with Gasteiger partial charge in [0.2, 0.25) is 5.91 Å². The van der Waals surface area contributed by atoms with E-state index in [1.54, 1.807) is 18.2 Å². The van der Waals surface area contributed by atoms with Crippen molar-refractivity contribution >= 4 is 34.1 Å². The Balaban J connectivity index is 2.35. The van der Waals surface area contributed by atoms with E-state index >= 15 is 0 Å². The van der Waals surface area contributed by atoms with Crippen LogP contribution in [0.25, 0.3) is 16.6 Å². The van der Waals surface area contributed by atoms with E-state index in [1.807, 2.05) is 0 Å². The van der Waals surface area contributed by atoms with Crippen molar-refractivity contribution in [2.75, 3.05) is 5.32 Å². The van der Waals surface area contributed by atoms with E-state index in [-0.39, 0.29) is 11.6 Å². The molecule has 0 aliphatic rings. The smallest absolute Gasteiger partial charge is 0.375 e. The summed E-state index contributed by atoms with van der Waals surface area (Å²) in [5.74, 6) is -2.05. The summed E-state index contributed by atoms with van der Waals surface area (Å²) in [6.07, 6.45) is 0. The SMILES string of the molecule is CC(=O)Nc1ccc2[nH]c(=O)n3nc(C(=O)O)nc3c2c1. The Morgan fingerprint density at radius 3 is 2.81 bits per heavy atom. The Morgan fingerprint density at radius 2 is 2.14 bits per heavy atom. The normalized spacial score (nSPS) is 10.9. The van der Waals surface area contributed by atoms with E-state index in [1.165, 1.54) is 6.92 Å². The number of fused-ring (bicyclic) bond motifs is 3. The standard InChI is InChI=1S/C12H9N5O4/c1-5(18)13-6-2-3-8-7(4-6)10-15-9(11(19)20)16-17(10)12(21)14-8/h2-4H,1H3,(H,13,18)(H,14,21)(H,19,20). The lowest BCUT2D eigenvalue weighted by atomic mass is 10.2. The first-order chi connectivity index (χ1) is 9.95. The van der Waals surface area contributed by atoms with Crippen LogP contribution in [0.15, 0.2) is 23.0 Å². The van der Waals surface area contributed by atoms with Gasteiger partial charge in [0.1, 0.15) is 0 Å². The predicted molar refractivity (Wildman–Crippen MR) is 72.4 cm³/mol. The van der Waals surface area contributed by atoms with Gasteiger partial charge in [-0.15, -0.1) is 5.10 Å². The van der Waals surface area contributed by atoms with Crippen molar-refractivity contribution in [3.05, 3.63) is 34.5 Å². The first-order valence-electron chi connectivity index (χ1n) is 5.89. The highest BCUT2D eigenvalue weighted by atomic mass is 16.4. The minimum atomic E-state index is -1.33. The second-order valence-electron chi connectivity index (χ2n) is 4.35. The van der Waals surface area contributed by atoms with E-state index in [4.69, 9.17) is 5.11 Å². The zero-order chi connectivity index (χ0) is 15.1. The number of carboxylic acids is 1. The van der Waals surface area contributed by atoms with Crippen LogP contribution < -0.4 is 11.0 Å². The summed E-state index contributed by atoms with van der Waals surface area (Å²) in [6.45, 7) is 1.37. The number of aromatic carboxylic acids is 1. The Morgan fingerprint density at radius 1 is 1.38 bits per heavy atom. The van der Waals surface area contributed by atoms with Crippen molar-refractivity contribution in [1.29, 1.82) is 0 Å². The van der Waals surface area contributed by atoms with Gasteiger partial charge in [0.15, 0.2) is 5.65 Å². The number of carboxylic acid groups (broad SMARTS) is 1. The van der Waals surface area contributed by atoms with Gasteiger partial charge in [-0.25, -0.2) is 14.6 Å². The lowest BCUT2D eigenvalue weighted by Crippen LogP contribution is -2.18. The minimum absolute atomic E-state index is 0.110. The second kappa shape index (κ2) is 4.40. The van der Waals surface area contributed by atoms with Crippen LogP contribution in [0.4, 0.5) is 5.69 Å². The van der Waals surface area contributed by atoms with E-state index < -0.39 is 17.5 Å². The molecule has 2 heterocycles. The molecule has 0 fully saturated rings. The zero-order valence-corrected chi connectivity index (χ0v) is 10.7. The molecular formula is C12H9N5O4. The van der Waals surface area contributed by atoms with Gasteiger partial charge in [-0.2, -0.15) is 4.52 Å². The molecule has 0 aliphatic carbocycles. The summed E-state index contributed by atoms with van der Waals surface area (Å²) >= 11 is 0. The van der Waals surface area contributed by atoms with Gasteiger partial charge < -0.3 is 15.4 Å². The molecule has 0 spiro atoms. The molecule has 0 unspecified atom stereocenters. The number of H-pyrrole nitrogens is 1. The topological polar surface area (TPSA) is 129 Å². The van der Waals surface area contributed by atoms with Gasteiger partial charge in [0.25, 0.3) is 5.82 Å². The molecule has 0 saturated heterocycles. The van der Waals surface area contributed by atoms with Gasteiger partial charge in [-0.05, 0) is 18.2 Å². The number of aromatic nitrogens is 4. The Hall–Kier alpha value is -3.23. The van der Waals surface area contributed by atoms with Crippen LogP contribution in [-0.4, -0.2) is 36.6 Å². The lowest BCUT2D eigenvalue weighted by molar-refractivity contribution is -0.114. The third kappa shape index (κ3) is 2.10. The monoisotopic (exact) mass is 287 g/mol. The number of hydrogen-bond donors (Lipinski definition) is 3. The Kier molecular flexibility index (Phi) is 2.68. The van der Waals surface area contributed by atoms with Gasteiger partial charge in [0.05, 0.1) is 5.52 Å². The number of carbonyl (C=O) groups is 2. The van der Waals surface area contributed by atoms with Crippen molar-refractivity contribution in [3.8, 4) is 0 Å². The molecule has 2 aromatic heterocycles. The van der Waals surface area contributed by atoms with Crippen LogP contribution in [0.3, 0.4) is 0 Å². The van der Waals surface area contributed by atoms with E-state index in [0.29, 0.717) is 16.6 Å². The number of nitrogens with one attached hydrogen (secondary N) is 2. The third-order valence-corrected chi connectivity index (χ3v) is 2.81.